The molecule has 4 rings (SSSR count). The molecule has 2 aromatic carbocycles. The summed E-state index contributed by atoms with van der Waals surface area (Å²) in [5, 5.41) is 3.62. The average Bonchev–Trinajstić information content (AvgIpc) is 2.78. The monoisotopic (exact) mass is 399 g/mol. The molecule has 0 radical (unpaired) electrons. The van der Waals surface area contributed by atoms with Gasteiger partial charge >= 0.3 is 0 Å². The Bertz CT molecular complexity index is 1110. The molecule has 1 amide bonds. The number of aromatic nitrogens is 2. The molecule has 0 aliphatic heterocycles. The van der Waals surface area contributed by atoms with E-state index in [0.29, 0.717) is 17.1 Å². The summed E-state index contributed by atoms with van der Waals surface area (Å²) in [6, 6.07) is 22.8. The van der Waals surface area contributed by atoms with Crippen LogP contribution in [0.5, 0.6) is 0 Å². The number of halogens is 1. The number of benzene rings is 2. The Morgan fingerprint density at radius 2 is 1.69 bits per heavy atom. The zero-order valence-corrected chi connectivity index (χ0v) is 16.3. The first-order chi connectivity index (χ1) is 14.2. The summed E-state index contributed by atoms with van der Waals surface area (Å²) >= 11 is 6.05. The van der Waals surface area contributed by atoms with Crippen LogP contribution in [-0.2, 0) is 6.54 Å². The van der Waals surface area contributed by atoms with Crippen molar-refractivity contribution in [3.8, 4) is 22.4 Å². The van der Waals surface area contributed by atoms with Crippen LogP contribution in [0.3, 0.4) is 0 Å². The van der Waals surface area contributed by atoms with Gasteiger partial charge in [-0.3, -0.25) is 14.8 Å². The zero-order valence-electron chi connectivity index (χ0n) is 15.5. The predicted octanol–water partition coefficient (Wildman–Crippen LogP) is 5.39. The lowest BCUT2D eigenvalue weighted by atomic mass is 10.0. The number of amides is 1. The quantitative estimate of drug-likeness (QED) is 0.489. The minimum Gasteiger partial charge on any atom is -0.348 e. The van der Waals surface area contributed by atoms with Crippen LogP contribution in [-0.4, -0.2) is 15.9 Å². The van der Waals surface area contributed by atoms with Crippen molar-refractivity contribution in [2.45, 2.75) is 6.54 Å². The molecule has 4 aromatic rings. The van der Waals surface area contributed by atoms with Gasteiger partial charge in [0.2, 0.25) is 0 Å². The number of rotatable bonds is 5. The summed E-state index contributed by atoms with van der Waals surface area (Å²) in [6.45, 7) is 0.412. The lowest BCUT2D eigenvalue weighted by molar-refractivity contribution is 0.0951. The summed E-state index contributed by atoms with van der Waals surface area (Å²) in [7, 11) is 0. The highest BCUT2D eigenvalue weighted by atomic mass is 35.5. The minimum atomic E-state index is -0.126. The van der Waals surface area contributed by atoms with E-state index >= 15 is 0 Å². The van der Waals surface area contributed by atoms with Gasteiger partial charge in [-0.1, -0.05) is 41.9 Å². The van der Waals surface area contributed by atoms with Crippen molar-refractivity contribution in [3.05, 3.63) is 108 Å². The van der Waals surface area contributed by atoms with E-state index in [1.54, 1.807) is 18.6 Å². The molecule has 0 saturated heterocycles. The van der Waals surface area contributed by atoms with E-state index in [-0.39, 0.29) is 5.91 Å². The fourth-order valence-corrected chi connectivity index (χ4v) is 3.17. The van der Waals surface area contributed by atoms with Gasteiger partial charge in [0.05, 0.1) is 5.69 Å². The molecule has 0 saturated carbocycles. The second-order valence-corrected chi connectivity index (χ2v) is 7.00. The van der Waals surface area contributed by atoms with Gasteiger partial charge in [-0.15, -0.1) is 0 Å². The third-order valence-corrected chi connectivity index (χ3v) is 4.78. The van der Waals surface area contributed by atoms with Gasteiger partial charge in [-0.2, -0.15) is 0 Å². The van der Waals surface area contributed by atoms with Gasteiger partial charge in [-0.25, -0.2) is 0 Å². The zero-order chi connectivity index (χ0) is 20.1. The SMILES string of the molecule is O=C(NCc1ccc(-c2cccnc2)nc1)c1ccc(-c2cccc(Cl)c2)cc1. The van der Waals surface area contributed by atoms with Gasteiger partial charge in [0.25, 0.3) is 5.91 Å². The average molecular weight is 400 g/mol. The Labute approximate surface area is 174 Å². The summed E-state index contributed by atoms with van der Waals surface area (Å²) in [4.78, 5) is 21.0. The molecule has 0 atom stereocenters. The third kappa shape index (κ3) is 4.68. The maximum atomic E-state index is 12.4. The largest absolute Gasteiger partial charge is 0.348 e. The van der Waals surface area contributed by atoms with Crippen LogP contribution < -0.4 is 5.32 Å². The molecule has 29 heavy (non-hydrogen) atoms. The highest BCUT2D eigenvalue weighted by Gasteiger charge is 2.07. The summed E-state index contributed by atoms with van der Waals surface area (Å²) in [6.07, 6.45) is 5.27. The van der Waals surface area contributed by atoms with Crippen molar-refractivity contribution in [1.29, 1.82) is 0 Å². The lowest BCUT2D eigenvalue weighted by Gasteiger charge is -2.08. The standard InChI is InChI=1S/C24H18ClN3O/c25-22-5-1-3-20(13-22)18-7-9-19(10-8-18)24(29)28-15-17-6-11-23(27-14-17)21-4-2-12-26-16-21/h1-14,16H,15H2,(H,28,29). The van der Waals surface area contributed by atoms with Gasteiger partial charge < -0.3 is 5.32 Å². The maximum Gasteiger partial charge on any atom is 0.251 e. The molecule has 5 heteroatoms. The number of pyridine rings is 2. The minimum absolute atomic E-state index is 0.126. The molecule has 2 aromatic heterocycles. The molecule has 0 spiro atoms. The normalized spacial score (nSPS) is 10.5. The van der Waals surface area contributed by atoms with E-state index in [1.807, 2.05) is 72.8 Å². The fourth-order valence-electron chi connectivity index (χ4n) is 2.98. The lowest BCUT2D eigenvalue weighted by Crippen LogP contribution is -2.22. The van der Waals surface area contributed by atoms with Crippen LogP contribution in [0.2, 0.25) is 5.02 Å². The molecule has 0 fully saturated rings. The van der Waals surface area contributed by atoms with Crippen LogP contribution in [0.1, 0.15) is 15.9 Å². The fraction of sp³-hybridized carbons (Fsp3) is 0.0417. The number of carbonyl (C=O) groups is 1. The van der Waals surface area contributed by atoms with E-state index in [2.05, 4.69) is 15.3 Å². The van der Waals surface area contributed by atoms with Crippen molar-refractivity contribution < 1.29 is 4.79 Å². The van der Waals surface area contributed by atoms with Crippen molar-refractivity contribution in [2.75, 3.05) is 0 Å². The molecule has 0 aliphatic carbocycles. The predicted molar refractivity (Wildman–Crippen MR) is 116 cm³/mol. The van der Waals surface area contributed by atoms with Crippen LogP contribution in [0.15, 0.2) is 91.4 Å². The second-order valence-electron chi connectivity index (χ2n) is 6.56. The molecule has 0 aliphatic rings. The summed E-state index contributed by atoms with van der Waals surface area (Å²) in [5.41, 5.74) is 5.38. The molecular weight excluding hydrogens is 382 g/mol. The van der Waals surface area contributed by atoms with Crippen LogP contribution in [0.25, 0.3) is 22.4 Å². The van der Waals surface area contributed by atoms with E-state index in [1.165, 1.54) is 0 Å². The smallest absolute Gasteiger partial charge is 0.251 e. The van der Waals surface area contributed by atoms with Gasteiger partial charge in [0.15, 0.2) is 0 Å². The number of hydrogen-bond donors (Lipinski definition) is 1. The highest BCUT2D eigenvalue weighted by molar-refractivity contribution is 6.30. The van der Waals surface area contributed by atoms with Crippen molar-refractivity contribution in [3.63, 3.8) is 0 Å². The second kappa shape index (κ2) is 8.67. The Morgan fingerprint density at radius 3 is 2.38 bits per heavy atom. The first-order valence-electron chi connectivity index (χ1n) is 9.18. The summed E-state index contributed by atoms with van der Waals surface area (Å²) in [5.74, 6) is -0.126. The molecule has 0 bridgehead atoms. The number of carbonyl (C=O) groups excluding carboxylic acids is 1. The molecule has 1 N–H and O–H groups in total. The van der Waals surface area contributed by atoms with E-state index in [0.717, 1.165) is 27.9 Å². The topological polar surface area (TPSA) is 54.9 Å². The van der Waals surface area contributed by atoms with Crippen LogP contribution >= 0.6 is 11.6 Å². The number of nitrogens with one attached hydrogen (secondary N) is 1. The van der Waals surface area contributed by atoms with Crippen molar-refractivity contribution in [1.82, 2.24) is 15.3 Å². The van der Waals surface area contributed by atoms with E-state index < -0.39 is 0 Å². The Kier molecular flexibility index (Phi) is 5.63. The van der Waals surface area contributed by atoms with Gasteiger partial charge in [0, 0.05) is 41.3 Å². The Balaban J connectivity index is 1.38. The first kappa shape index (κ1) is 18.8. The van der Waals surface area contributed by atoms with E-state index in [9.17, 15) is 4.79 Å². The molecular formula is C24H18ClN3O. The highest BCUT2D eigenvalue weighted by Crippen LogP contribution is 2.23. The van der Waals surface area contributed by atoms with Gasteiger partial charge in [0.1, 0.15) is 0 Å². The van der Waals surface area contributed by atoms with Gasteiger partial charge in [-0.05, 0) is 59.2 Å². The Hall–Kier alpha value is -3.50. The maximum absolute atomic E-state index is 12.4. The van der Waals surface area contributed by atoms with Crippen LogP contribution in [0.4, 0.5) is 0 Å². The molecule has 2 heterocycles. The van der Waals surface area contributed by atoms with Crippen molar-refractivity contribution in [2.24, 2.45) is 0 Å². The number of hydrogen-bond acceptors (Lipinski definition) is 3. The molecule has 4 nitrogen and oxygen atoms in total. The summed E-state index contributed by atoms with van der Waals surface area (Å²) < 4.78 is 0. The Morgan fingerprint density at radius 1 is 0.862 bits per heavy atom. The van der Waals surface area contributed by atoms with E-state index in [4.69, 9.17) is 11.6 Å². The molecule has 142 valence electrons. The van der Waals surface area contributed by atoms with Crippen molar-refractivity contribution >= 4 is 17.5 Å². The number of nitrogens with zero attached hydrogens (tertiary/aromatic N) is 2. The first-order valence-corrected chi connectivity index (χ1v) is 9.56. The third-order valence-electron chi connectivity index (χ3n) is 4.54. The van der Waals surface area contributed by atoms with Crippen LogP contribution in [0, 0.1) is 0 Å². The molecule has 0 unspecified atom stereocenters.